The summed E-state index contributed by atoms with van der Waals surface area (Å²) in [5, 5.41) is 5.52. The van der Waals surface area contributed by atoms with Crippen molar-refractivity contribution in [2.24, 2.45) is 5.92 Å². The summed E-state index contributed by atoms with van der Waals surface area (Å²) in [6, 6.07) is 11.0. The Morgan fingerprint density at radius 1 is 1.15 bits per heavy atom. The number of amides is 1. The van der Waals surface area contributed by atoms with Gasteiger partial charge >= 0.3 is 0 Å². The number of rotatable bonds is 6. The molecule has 2 aliphatic rings. The quantitative estimate of drug-likeness (QED) is 0.849. The third-order valence-electron chi connectivity index (χ3n) is 5.54. The second-order valence-electron chi connectivity index (χ2n) is 7.30. The summed E-state index contributed by atoms with van der Waals surface area (Å²) in [6.07, 6.45) is 5.15. The molecule has 1 N–H and O–H groups in total. The molecule has 138 valence electrons. The number of hydrogen-bond acceptors (Lipinski definition) is 5. The van der Waals surface area contributed by atoms with Gasteiger partial charge in [0.2, 0.25) is 0 Å². The third-order valence-corrected chi connectivity index (χ3v) is 6.32. The standard InChI is InChI=1S/C20H26N4OS/c25-19(20-21-7-13-26-20)22-17-14-16(15-17)6-8-23-9-11-24(12-10-23)18-4-2-1-3-5-18/h1-5,7,13,16-17H,6,8-12,14-15H2,(H,22,25). The highest BCUT2D eigenvalue weighted by atomic mass is 32.1. The van der Waals surface area contributed by atoms with Gasteiger partial charge in [-0.3, -0.25) is 9.69 Å². The van der Waals surface area contributed by atoms with Gasteiger partial charge in [0.1, 0.15) is 0 Å². The van der Waals surface area contributed by atoms with E-state index in [0.29, 0.717) is 11.0 Å². The van der Waals surface area contributed by atoms with Crippen molar-refractivity contribution in [1.82, 2.24) is 15.2 Å². The number of anilines is 1. The van der Waals surface area contributed by atoms with Crippen LogP contribution >= 0.6 is 11.3 Å². The molecule has 1 amide bonds. The van der Waals surface area contributed by atoms with Crippen molar-refractivity contribution in [3.05, 3.63) is 46.9 Å². The van der Waals surface area contributed by atoms with Crippen LogP contribution in [0.3, 0.4) is 0 Å². The number of benzene rings is 1. The van der Waals surface area contributed by atoms with Crippen LogP contribution in [0, 0.1) is 5.92 Å². The molecular weight excluding hydrogens is 344 g/mol. The fourth-order valence-electron chi connectivity index (χ4n) is 3.91. The van der Waals surface area contributed by atoms with Gasteiger partial charge in [-0.2, -0.15) is 0 Å². The van der Waals surface area contributed by atoms with Gasteiger partial charge in [-0.25, -0.2) is 4.98 Å². The van der Waals surface area contributed by atoms with E-state index in [1.807, 2.05) is 5.38 Å². The van der Waals surface area contributed by atoms with Gasteiger partial charge in [-0.1, -0.05) is 18.2 Å². The largest absolute Gasteiger partial charge is 0.369 e. The first-order valence-corrected chi connectivity index (χ1v) is 10.4. The minimum Gasteiger partial charge on any atom is -0.369 e. The number of thiazole rings is 1. The first-order chi connectivity index (χ1) is 12.8. The van der Waals surface area contributed by atoms with E-state index < -0.39 is 0 Å². The van der Waals surface area contributed by atoms with E-state index in [9.17, 15) is 4.79 Å². The molecule has 0 radical (unpaired) electrons. The molecule has 1 saturated heterocycles. The second kappa shape index (κ2) is 8.18. The Morgan fingerprint density at radius 2 is 1.92 bits per heavy atom. The van der Waals surface area contributed by atoms with Crippen molar-refractivity contribution in [3.63, 3.8) is 0 Å². The predicted molar refractivity (Wildman–Crippen MR) is 106 cm³/mol. The second-order valence-corrected chi connectivity index (χ2v) is 8.19. The molecule has 1 aliphatic carbocycles. The van der Waals surface area contributed by atoms with Crippen molar-refractivity contribution >= 4 is 22.9 Å². The lowest BCUT2D eigenvalue weighted by Gasteiger charge is -2.39. The van der Waals surface area contributed by atoms with Gasteiger partial charge < -0.3 is 10.2 Å². The van der Waals surface area contributed by atoms with Gasteiger partial charge in [-0.15, -0.1) is 11.3 Å². The van der Waals surface area contributed by atoms with Crippen LogP contribution in [-0.2, 0) is 0 Å². The molecule has 1 aromatic carbocycles. The lowest BCUT2D eigenvalue weighted by Crippen LogP contribution is -2.48. The van der Waals surface area contributed by atoms with Crippen LogP contribution < -0.4 is 10.2 Å². The SMILES string of the molecule is O=C(NC1CC(CCN2CCN(c3ccccc3)CC2)C1)c1nccs1. The van der Waals surface area contributed by atoms with E-state index in [0.717, 1.165) is 44.9 Å². The maximum Gasteiger partial charge on any atom is 0.280 e. The molecule has 6 heteroatoms. The lowest BCUT2D eigenvalue weighted by molar-refractivity contribution is 0.0877. The molecule has 4 rings (SSSR count). The molecule has 5 nitrogen and oxygen atoms in total. The van der Waals surface area contributed by atoms with Gasteiger partial charge in [0.05, 0.1) is 0 Å². The van der Waals surface area contributed by atoms with Crippen molar-refractivity contribution in [2.45, 2.75) is 25.3 Å². The summed E-state index contributed by atoms with van der Waals surface area (Å²) in [5.41, 5.74) is 1.34. The Hall–Kier alpha value is -1.92. The molecular formula is C20H26N4OS. The van der Waals surface area contributed by atoms with Crippen LogP contribution in [0.4, 0.5) is 5.69 Å². The normalized spacial score (nSPS) is 23.5. The molecule has 26 heavy (non-hydrogen) atoms. The number of nitrogens with zero attached hydrogens (tertiary/aromatic N) is 3. The molecule has 1 aromatic heterocycles. The molecule has 1 aliphatic heterocycles. The number of nitrogens with one attached hydrogen (secondary N) is 1. The molecule has 1 saturated carbocycles. The summed E-state index contributed by atoms with van der Waals surface area (Å²) in [5.74, 6) is 0.740. The zero-order valence-corrected chi connectivity index (χ0v) is 15.8. The number of hydrogen-bond donors (Lipinski definition) is 1. The van der Waals surface area contributed by atoms with Crippen LogP contribution in [0.2, 0.25) is 0 Å². The number of aromatic nitrogens is 1. The van der Waals surface area contributed by atoms with Crippen LogP contribution in [0.25, 0.3) is 0 Å². The Morgan fingerprint density at radius 3 is 2.62 bits per heavy atom. The highest BCUT2D eigenvalue weighted by Gasteiger charge is 2.31. The van der Waals surface area contributed by atoms with E-state index in [-0.39, 0.29) is 5.91 Å². The van der Waals surface area contributed by atoms with Crippen molar-refractivity contribution in [1.29, 1.82) is 0 Å². The fourth-order valence-corrected chi connectivity index (χ4v) is 4.44. The molecule has 2 heterocycles. The average Bonchev–Trinajstić information content (AvgIpc) is 3.19. The Bertz CT molecular complexity index is 692. The summed E-state index contributed by atoms with van der Waals surface area (Å²) >= 11 is 1.40. The van der Waals surface area contributed by atoms with E-state index in [2.05, 4.69) is 50.4 Å². The number of carbonyl (C=O) groups is 1. The summed E-state index contributed by atoms with van der Waals surface area (Å²) in [7, 11) is 0. The molecule has 2 fully saturated rings. The predicted octanol–water partition coefficient (Wildman–Crippen LogP) is 2.86. The molecule has 0 atom stereocenters. The van der Waals surface area contributed by atoms with Crippen molar-refractivity contribution in [2.75, 3.05) is 37.6 Å². The van der Waals surface area contributed by atoms with Crippen LogP contribution in [-0.4, -0.2) is 54.6 Å². The van der Waals surface area contributed by atoms with Crippen LogP contribution in [0.5, 0.6) is 0 Å². The summed E-state index contributed by atoms with van der Waals surface area (Å²) in [6.45, 7) is 5.69. The number of piperazine rings is 1. The van der Waals surface area contributed by atoms with E-state index in [1.54, 1.807) is 6.20 Å². The van der Waals surface area contributed by atoms with Crippen molar-refractivity contribution < 1.29 is 4.79 Å². The molecule has 0 spiro atoms. The Kier molecular flexibility index (Phi) is 5.51. The zero-order chi connectivity index (χ0) is 17.8. The van der Waals surface area contributed by atoms with Gasteiger partial charge in [0.25, 0.3) is 5.91 Å². The Balaban J connectivity index is 1.12. The maximum absolute atomic E-state index is 12.0. The van der Waals surface area contributed by atoms with E-state index >= 15 is 0 Å². The van der Waals surface area contributed by atoms with Crippen molar-refractivity contribution in [3.8, 4) is 0 Å². The van der Waals surface area contributed by atoms with Gasteiger partial charge in [0, 0.05) is 49.5 Å². The minimum absolute atomic E-state index is 0.0134. The number of carbonyl (C=O) groups excluding carboxylic acids is 1. The highest BCUT2D eigenvalue weighted by molar-refractivity contribution is 7.11. The summed E-state index contributed by atoms with van der Waals surface area (Å²) in [4.78, 5) is 21.1. The molecule has 2 aromatic rings. The molecule has 0 bridgehead atoms. The van der Waals surface area contributed by atoms with Gasteiger partial charge in [-0.05, 0) is 43.9 Å². The van der Waals surface area contributed by atoms with Crippen LogP contribution in [0.15, 0.2) is 41.9 Å². The monoisotopic (exact) mass is 370 g/mol. The van der Waals surface area contributed by atoms with E-state index in [4.69, 9.17) is 0 Å². The van der Waals surface area contributed by atoms with E-state index in [1.165, 1.54) is 30.0 Å². The van der Waals surface area contributed by atoms with Gasteiger partial charge in [0.15, 0.2) is 5.01 Å². The smallest absolute Gasteiger partial charge is 0.280 e. The Labute approximate surface area is 159 Å². The average molecular weight is 371 g/mol. The zero-order valence-electron chi connectivity index (χ0n) is 15.0. The fraction of sp³-hybridized carbons (Fsp3) is 0.500. The third kappa shape index (κ3) is 4.24. The first-order valence-electron chi connectivity index (χ1n) is 9.50. The minimum atomic E-state index is -0.0134. The maximum atomic E-state index is 12.0. The summed E-state index contributed by atoms with van der Waals surface area (Å²) < 4.78 is 0. The highest BCUT2D eigenvalue weighted by Crippen LogP contribution is 2.31. The topological polar surface area (TPSA) is 48.5 Å². The number of para-hydroxylation sites is 1. The van der Waals surface area contributed by atoms with Crippen LogP contribution in [0.1, 0.15) is 29.1 Å². The lowest BCUT2D eigenvalue weighted by atomic mass is 9.78. The molecule has 0 unspecified atom stereocenters. The first kappa shape index (κ1) is 17.5.